The van der Waals surface area contributed by atoms with Crippen LogP contribution in [0.3, 0.4) is 0 Å². The van der Waals surface area contributed by atoms with E-state index in [4.69, 9.17) is 9.47 Å². The summed E-state index contributed by atoms with van der Waals surface area (Å²) in [5.41, 5.74) is 0.0533. The van der Waals surface area contributed by atoms with Crippen molar-refractivity contribution in [2.24, 2.45) is 52.3 Å². The van der Waals surface area contributed by atoms with Crippen LogP contribution in [0.4, 0.5) is 0 Å². The quantitative estimate of drug-likeness (QED) is 0.276. The van der Waals surface area contributed by atoms with Crippen LogP contribution in [0.1, 0.15) is 92.4 Å². The first-order valence-electron chi connectivity index (χ1n) is 16.1. The van der Waals surface area contributed by atoms with Gasteiger partial charge in [-0.15, -0.1) is 0 Å². The molecule has 40 heavy (non-hydrogen) atoms. The Kier molecular flexibility index (Phi) is 9.06. The normalized spacial score (nSPS) is 52.5. The second kappa shape index (κ2) is 11.6. The van der Waals surface area contributed by atoms with E-state index in [2.05, 4.69) is 34.6 Å². The summed E-state index contributed by atoms with van der Waals surface area (Å²) in [5, 5.41) is 63.5. The lowest BCUT2D eigenvalue weighted by Crippen LogP contribution is -2.59. The van der Waals surface area contributed by atoms with Gasteiger partial charge in [0.1, 0.15) is 18.3 Å². The molecule has 0 aromatic carbocycles. The molecule has 0 spiro atoms. The Labute approximate surface area is 240 Å². The van der Waals surface area contributed by atoms with Gasteiger partial charge in [-0.1, -0.05) is 34.6 Å². The van der Waals surface area contributed by atoms with Gasteiger partial charge in [0.05, 0.1) is 31.0 Å². The van der Waals surface area contributed by atoms with Gasteiger partial charge in [0.15, 0.2) is 6.29 Å². The average molecular weight is 569 g/mol. The zero-order chi connectivity index (χ0) is 29.1. The Bertz CT molecular complexity index is 870. The number of hydrogen-bond donors (Lipinski definition) is 6. The van der Waals surface area contributed by atoms with E-state index in [0.717, 1.165) is 51.4 Å². The van der Waals surface area contributed by atoms with Crippen molar-refractivity contribution in [1.29, 1.82) is 0 Å². The Balaban J connectivity index is 1.26. The molecule has 4 aliphatic carbocycles. The number of hydrogen-bond acceptors (Lipinski definition) is 8. The molecule has 1 aliphatic heterocycles. The molecule has 0 aromatic heterocycles. The number of ether oxygens (including phenoxy) is 2. The highest BCUT2D eigenvalue weighted by atomic mass is 16.7. The van der Waals surface area contributed by atoms with Crippen LogP contribution in [0.5, 0.6) is 0 Å². The Morgan fingerprint density at radius 1 is 0.775 bits per heavy atom. The zero-order valence-electron chi connectivity index (χ0n) is 25.2. The van der Waals surface area contributed by atoms with Gasteiger partial charge in [-0.3, -0.25) is 0 Å². The summed E-state index contributed by atoms with van der Waals surface area (Å²) in [4.78, 5) is 0. The van der Waals surface area contributed by atoms with Gasteiger partial charge in [0, 0.05) is 0 Å². The van der Waals surface area contributed by atoms with Gasteiger partial charge < -0.3 is 40.1 Å². The van der Waals surface area contributed by atoms with Crippen LogP contribution in [0.15, 0.2) is 0 Å². The highest BCUT2D eigenvalue weighted by Gasteiger charge is 2.64. The van der Waals surface area contributed by atoms with Gasteiger partial charge in [-0.25, -0.2) is 0 Å². The van der Waals surface area contributed by atoms with Crippen LogP contribution < -0.4 is 0 Å². The highest BCUT2D eigenvalue weighted by molar-refractivity contribution is 5.13. The fourth-order valence-electron chi connectivity index (χ4n) is 10.5. The Hall–Kier alpha value is -0.320. The fourth-order valence-corrected chi connectivity index (χ4v) is 10.5. The van der Waals surface area contributed by atoms with E-state index in [1.165, 1.54) is 0 Å². The molecule has 16 atom stereocenters. The zero-order valence-corrected chi connectivity index (χ0v) is 25.2. The summed E-state index contributed by atoms with van der Waals surface area (Å²) in [7, 11) is 0. The van der Waals surface area contributed by atoms with Crippen molar-refractivity contribution in [3.63, 3.8) is 0 Å². The van der Waals surface area contributed by atoms with E-state index < -0.39 is 30.7 Å². The summed E-state index contributed by atoms with van der Waals surface area (Å²) in [6.45, 7) is 11.1. The Morgan fingerprint density at radius 2 is 1.48 bits per heavy atom. The third-order valence-electron chi connectivity index (χ3n) is 12.8. The first-order valence-corrected chi connectivity index (χ1v) is 16.1. The molecule has 1 saturated heterocycles. The molecule has 232 valence electrons. The fraction of sp³-hybridized carbons (Fsp3) is 1.00. The second-order valence-corrected chi connectivity index (χ2v) is 15.3. The lowest BCUT2D eigenvalue weighted by Gasteiger charge is -2.62. The molecule has 0 amide bonds. The lowest BCUT2D eigenvalue weighted by molar-refractivity contribution is -0.286. The predicted molar refractivity (Wildman–Crippen MR) is 150 cm³/mol. The molecule has 4 saturated carbocycles. The third-order valence-corrected chi connectivity index (χ3v) is 12.8. The van der Waals surface area contributed by atoms with Gasteiger partial charge in [-0.2, -0.15) is 0 Å². The SMILES string of the molecule is CC(C)[C@H](CC[C@@H](C)[C@H]1C[C@@H](O)C2C3C[C@H](O)C4C[C@@H](O)CC[C@]4(C)C3CC[C@@]21C)O[C@@H]1OC[C@@H](O)[C@H](O)[C@H]1O. The molecule has 0 radical (unpaired) electrons. The average Bonchev–Trinajstić information content (AvgIpc) is 3.17. The molecular formula is C32H56O8. The maximum Gasteiger partial charge on any atom is 0.186 e. The van der Waals surface area contributed by atoms with Crippen LogP contribution in [0.25, 0.3) is 0 Å². The van der Waals surface area contributed by atoms with E-state index in [0.29, 0.717) is 30.1 Å². The van der Waals surface area contributed by atoms with Crippen molar-refractivity contribution in [3.8, 4) is 0 Å². The van der Waals surface area contributed by atoms with Crippen LogP contribution in [-0.4, -0.2) is 86.3 Å². The van der Waals surface area contributed by atoms with E-state index in [1.807, 2.05) is 0 Å². The topological polar surface area (TPSA) is 140 Å². The minimum absolute atomic E-state index is 0.0220. The number of aliphatic hydroxyl groups excluding tert-OH is 6. The van der Waals surface area contributed by atoms with E-state index in [9.17, 15) is 30.6 Å². The van der Waals surface area contributed by atoms with Crippen LogP contribution >= 0.6 is 0 Å². The van der Waals surface area contributed by atoms with Crippen molar-refractivity contribution < 1.29 is 40.1 Å². The summed E-state index contributed by atoms with van der Waals surface area (Å²) in [6, 6.07) is 0. The van der Waals surface area contributed by atoms with Gasteiger partial charge in [0.2, 0.25) is 0 Å². The molecule has 8 nitrogen and oxygen atoms in total. The standard InChI is InChI=1S/C32H56O8/c1-16(2)26(40-30-29(38)28(37)25(36)15-39-30)7-6-17(3)21-14-24(35)27-19-13-23(34)22-12-18(33)8-10-31(22,4)20(19)9-11-32(21,27)5/h16-30,33-38H,6-15H2,1-5H3/t17-,18+,19?,20?,21-,22?,23+,24-,25-,26+,27?,28+,29-,30+,31-,32-/m1/s1. The molecule has 0 aromatic rings. The van der Waals surface area contributed by atoms with Crippen molar-refractivity contribution in [3.05, 3.63) is 0 Å². The van der Waals surface area contributed by atoms with Gasteiger partial charge in [-0.05, 0) is 110 Å². The van der Waals surface area contributed by atoms with Crippen molar-refractivity contribution in [1.82, 2.24) is 0 Å². The number of fused-ring (bicyclic) bond motifs is 5. The van der Waals surface area contributed by atoms with Crippen molar-refractivity contribution in [2.75, 3.05) is 6.61 Å². The highest BCUT2D eigenvalue weighted by Crippen LogP contribution is 2.68. The number of aliphatic hydroxyl groups is 6. The largest absolute Gasteiger partial charge is 0.393 e. The molecule has 5 aliphatic rings. The minimum Gasteiger partial charge on any atom is -0.393 e. The molecular weight excluding hydrogens is 512 g/mol. The number of rotatable bonds is 7. The molecule has 6 N–H and O–H groups in total. The second-order valence-electron chi connectivity index (χ2n) is 15.3. The molecule has 5 fully saturated rings. The molecule has 4 unspecified atom stereocenters. The van der Waals surface area contributed by atoms with Crippen LogP contribution in [-0.2, 0) is 9.47 Å². The smallest absolute Gasteiger partial charge is 0.186 e. The third kappa shape index (κ3) is 5.31. The first-order chi connectivity index (χ1) is 18.8. The maximum atomic E-state index is 11.6. The van der Waals surface area contributed by atoms with Crippen molar-refractivity contribution in [2.45, 2.75) is 141 Å². The maximum absolute atomic E-state index is 11.6. The summed E-state index contributed by atoms with van der Waals surface area (Å²) < 4.78 is 11.7. The summed E-state index contributed by atoms with van der Waals surface area (Å²) in [5.74, 6) is 2.09. The minimum atomic E-state index is -1.29. The van der Waals surface area contributed by atoms with E-state index in [1.54, 1.807) is 0 Å². The van der Waals surface area contributed by atoms with E-state index in [-0.39, 0.29) is 53.5 Å². The Morgan fingerprint density at radius 3 is 2.17 bits per heavy atom. The molecule has 5 rings (SSSR count). The summed E-state index contributed by atoms with van der Waals surface area (Å²) in [6.07, 6.45) is 2.05. The predicted octanol–water partition coefficient (Wildman–Crippen LogP) is 2.84. The monoisotopic (exact) mass is 568 g/mol. The molecule has 0 bridgehead atoms. The molecule has 1 heterocycles. The van der Waals surface area contributed by atoms with Gasteiger partial charge >= 0.3 is 0 Å². The van der Waals surface area contributed by atoms with Gasteiger partial charge in [0.25, 0.3) is 0 Å². The van der Waals surface area contributed by atoms with Crippen LogP contribution in [0.2, 0.25) is 0 Å². The first kappa shape index (κ1) is 31.1. The lowest BCUT2D eigenvalue weighted by atomic mass is 9.43. The van der Waals surface area contributed by atoms with Crippen LogP contribution in [0, 0.1) is 52.3 Å². The molecule has 8 heteroatoms. The summed E-state index contributed by atoms with van der Waals surface area (Å²) >= 11 is 0. The van der Waals surface area contributed by atoms with E-state index >= 15 is 0 Å². The van der Waals surface area contributed by atoms with Crippen molar-refractivity contribution >= 4 is 0 Å².